The van der Waals surface area contributed by atoms with Gasteiger partial charge in [0.2, 0.25) is 0 Å². The molecule has 0 spiro atoms. The smallest absolute Gasteiger partial charge is 0.0782 e. The average Bonchev–Trinajstić information content (AvgIpc) is 3.63. The van der Waals surface area contributed by atoms with Gasteiger partial charge in [-0.1, -0.05) is 109 Å². The minimum atomic E-state index is -0.464. The SMILES string of the molecule is [2H]c1c([2H])c([2H])c2c(c1[2H])c1c([2H])c([2H])c([2H])c([2H])c1n2-c1cccc2c3ccccc3n(-c3cccc(-c4ccccc4)c3)c12. The van der Waals surface area contributed by atoms with Crippen molar-refractivity contribution < 1.29 is 11.0 Å². The molecule has 2 aromatic heterocycles. The van der Waals surface area contributed by atoms with Crippen LogP contribution in [0.1, 0.15) is 11.0 Å². The number of nitrogens with zero attached hydrogens (tertiary/aromatic N) is 2. The molecule has 178 valence electrons. The second-order valence-electron chi connectivity index (χ2n) is 9.22. The van der Waals surface area contributed by atoms with Gasteiger partial charge in [-0.15, -0.1) is 0 Å². The van der Waals surface area contributed by atoms with Gasteiger partial charge in [0.05, 0.1) is 38.7 Å². The number of rotatable bonds is 3. The molecule has 2 heteroatoms. The van der Waals surface area contributed by atoms with Crippen LogP contribution in [0.5, 0.6) is 0 Å². The summed E-state index contributed by atoms with van der Waals surface area (Å²) < 4.78 is 73.4. The second kappa shape index (κ2) is 8.22. The third kappa shape index (κ3) is 3.01. The van der Waals surface area contributed by atoms with Gasteiger partial charge in [0.15, 0.2) is 0 Å². The van der Waals surface area contributed by atoms with Crippen LogP contribution in [0.3, 0.4) is 0 Å². The number of para-hydroxylation sites is 4. The summed E-state index contributed by atoms with van der Waals surface area (Å²) in [7, 11) is 0. The second-order valence-corrected chi connectivity index (χ2v) is 9.22. The van der Waals surface area contributed by atoms with Gasteiger partial charge in [-0.05, 0) is 47.5 Å². The summed E-state index contributed by atoms with van der Waals surface area (Å²) in [4.78, 5) is 0. The molecule has 0 bridgehead atoms. The van der Waals surface area contributed by atoms with E-state index < -0.39 is 24.2 Å². The van der Waals surface area contributed by atoms with Crippen LogP contribution in [0.15, 0.2) is 145 Å². The van der Waals surface area contributed by atoms with E-state index in [-0.39, 0.29) is 46.0 Å². The number of fused-ring (bicyclic) bond motifs is 6. The Morgan fingerprint density at radius 3 is 1.87 bits per heavy atom. The lowest BCUT2D eigenvalue weighted by Gasteiger charge is -2.15. The number of hydrogen-bond acceptors (Lipinski definition) is 0. The van der Waals surface area contributed by atoms with Crippen LogP contribution in [-0.2, 0) is 0 Å². The van der Waals surface area contributed by atoms with E-state index in [0.717, 1.165) is 38.6 Å². The van der Waals surface area contributed by atoms with Crippen molar-refractivity contribution in [3.63, 3.8) is 0 Å². The summed E-state index contributed by atoms with van der Waals surface area (Å²) in [5.41, 5.74) is 5.29. The van der Waals surface area contributed by atoms with Gasteiger partial charge in [-0.25, -0.2) is 0 Å². The molecular formula is C36H24N2. The summed E-state index contributed by atoms with van der Waals surface area (Å²) >= 11 is 0. The highest BCUT2D eigenvalue weighted by atomic mass is 15.1. The first-order valence-electron chi connectivity index (χ1n) is 16.4. The van der Waals surface area contributed by atoms with Crippen LogP contribution in [0.4, 0.5) is 0 Å². The predicted molar refractivity (Wildman–Crippen MR) is 161 cm³/mol. The van der Waals surface area contributed by atoms with Crippen LogP contribution < -0.4 is 0 Å². The molecule has 0 saturated heterocycles. The Kier molecular flexibility index (Phi) is 3.16. The van der Waals surface area contributed by atoms with Gasteiger partial charge < -0.3 is 9.13 Å². The standard InChI is InChI=1S/C36H24N2/c1-2-12-25(13-3-1)26-14-10-15-27(24-26)37-32-20-7-6-18-30(32)31-19-11-23-35(36(31)37)38-33-21-8-4-16-28(33)29-17-5-9-22-34(29)38/h1-24H/i4D,5D,8D,9D,16D,17D,21D,22D. The lowest BCUT2D eigenvalue weighted by molar-refractivity contribution is 1.13. The maximum Gasteiger partial charge on any atom is 0.0782 e. The lowest BCUT2D eigenvalue weighted by Crippen LogP contribution is -2.00. The first-order valence-corrected chi connectivity index (χ1v) is 12.4. The quantitative estimate of drug-likeness (QED) is 0.232. The van der Waals surface area contributed by atoms with Crippen LogP contribution in [0.25, 0.3) is 66.1 Å². The van der Waals surface area contributed by atoms with Crippen molar-refractivity contribution >= 4 is 43.6 Å². The predicted octanol–water partition coefficient (Wildman–Crippen LogP) is 9.55. The summed E-state index contributed by atoms with van der Waals surface area (Å²) in [5, 5.41) is 1.96. The first kappa shape index (κ1) is 14.6. The van der Waals surface area contributed by atoms with E-state index in [1.165, 1.54) is 0 Å². The van der Waals surface area contributed by atoms with Gasteiger partial charge >= 0.3 is 0 Å². The van der Waals surface area contributed by atoms with Gasteiger partial charge in [-0.2, -0.15) is 0 Å². The zero-order valence-corrected chi connectivity index (χ0v) is 20.1. The molecule has 0 N–H and O–H groups in total. The van der Waals surface area contributed by atoms with E-state index >= 15 is 0 Å². The molecular weight excluding hydrogens is 460 g/mol. The third-order valence-corrected chi connectivity index (χ3v) is 7.16. The molecule has 0 unspecified atom stereocenters. The lowest BCUT2D eigenvalue weighted by atomic mass is 10.1. The van der Waals surface area contributed by atoms with Crippen LogP contribution in [0, 0.1) is 0 Å². The molecule has 0 aliphatic heterocycles. The summed E-state index contributed by atoms with van der Waals surface area (Å²) in [5.74, 6) is 0. The third-order valence-electron chi connectivity index (χ3n) is 7.16. The molecule has 0 amide bonds. The van der Waals surface area contributed by atoms with Gasteiger partial charge in [0.1, 0.15) is 0 Å². The summed E-state index contributed by atoms with van der Waals surface area (Å²) in [6.45, 7) is 0. The maximum absolute atomic E-state index is 9.02. The maximum atomic E-state index is 9.02. The molecule has 2 nitrogen and oxygen atoms in total. The van der Waals surface area contributed by atoms with Crippen LogP contribution >= 0.6 is 0 Å². The van der Waals surface area contributed by atoms with E-state index in [9.17, 15) is 0 Å². The van der Waals surface area contributed by atoms with Crippen molar-refractivity contribution in [3.8, 4) is 22.5 Å². The minimum Gasteiger partial charge on any atom is -0.307 e. The van der Waals surface area contributed by atoms with Gasteiger partial charge in [0, 0.05) is 27.2 Å². The Hall–Kier alpha value is -5.08. The fourth-order valence-electron chi connectivity index (χ4n) is 5.57. The van der Waals surface area contributed by atoms with E-state index in [2.05, 4.69) is 22.8 Å². The zero-order chi connectivity index (χ0) is 32.0. The Labute approximate surface area is 231 Å². The first-order chi connectivity index (χ1) is 22.2. The minimum absolute atomic E-state index is 0.0544. The Morgan fingerprint density at radius 2 is 1.08 bits per heavy atom. The molecule has 0 atom stereocenters. The summed E-state index contributed by atoms with van der Waals surface area (Å²) in [6.07, 6.45) is 0. The molecule has 8 rings (SSSR count). The fraction of sp³-hybridized carbons (Fsp3) is 0. The number of hydrogen-bond donors (Lipinski definition) is 0. The number of aromatic nitrogens is 2. The fourth-order valence-corrected chi connectivity index (χ4v) is 5.57. The Balaban J connectivity index is 1.60. The van der Waals surface area contributed by atoms with Crippen LogP contribution in [0.2, 0.25) is 0 Å². The van der Waals surface area contributed by atoms with Crippen molar-refractivity contribution in [1.82, 2.24) is 9.13 Å². The Morgan fingerprint density at radius 1 is 0.447 bits per heavy atom. The van der Waals surface area contributed by atoms with Crippen LogP contribution in [-0.4, -0.2) is 9.13 Å². The highest BCUT2D eigenvalue weighted by Crippen LogP contribution is 2.39. The molecule has 0 aliphatic rings. The molecule has 6 aromatic carbocycles. The molecule has 0 aliphatic carbocycles. The van der Waals surface area contributed by atoms with Crippen molar-refractivity contribution in [2.45, 2.75) is 0 Å². The highest BCUT2D eigenvalue weighted by Gasteiger charge is 2.19. The monoisotopic (exact) mass is 492 g/mol. The van der Waals surface area contributed by atoms with E-state index in [0.29, 0.717) is 5.69 Å². The topological polar surface area (TPSA) is 9.86 Å². The Bertz CT molecular complexity index is 2490. The zero-order valence-electron chi connectivity index (χ0n) is 28.1. The van der Waals surface area contributed by atoms with Gasteiger partial charge in [0.25, 0.3) is 0 Å². The van der Waals surface area contributed by atoms with Crippen molar-refractivity contribution in [3.05, 3.63) is 145 Å². The number of benzene rings is 6. The van der Waals surface area contributed by atoms with E-state index in [1.807, 2.05) is 78.9 Å². The molecule has 0 saturated carbocycles. The highest BCUT2D eigenvalue weighted by molar-refractivity contribution is 6.15. The molecule has 8 aromatic rings. The van der Waals surface area contributed by atoms with E-state index in [4.69, 9.17) is 11.0 Å². The van der Waals surface area contributed by atoms with Crippen molar-refractivity contribution in [2.75, 3.05) is 0 Å². The normalized spacial score (nSPS) is 14.6. The molecule has 38 heavy (non-hydrogen) atoms. The van der Waals surface area contributed by atoms with Crippen molar-refractivity contribution in [1.29, 1.82) is 0 Å². The largest absolute Gasteiger partial charge is 0.307 e. The average molecular weight is 493 g/mol. The van der Waals surface area contributed by atoms with Gasteiger partial charge in [-0.3, -0.25) is 0 Å². The van der Waals surface area contributed by atoms with E-state index in [1.54, 1.807) is 4.57 Å². The summed E-state index contributed by atoms with van der Waals surface area (Å²) in [6, 6.07) is 28.7. The van der Waals surface area contributed by atoms with Crippen molar-refractivity contribution in [2.24, 2.45) is 0 Å². The molecule has 0 fully saturated rings. The molecule has 2 heterocycles. The molecule has 0 radical (unpaired) electrons.